The quantitative estimate of drug-likeness (QED) is 0.827. The first kappa shape index (κ1) is 13.7. The van der Waals surface area contributed by atoms with Gasteiger partial charge >= 0.3 is 0 Å². The Kier molecular flexibility index (Phi) is 4.64. The number of anilines is 1. The highest BCUT2D eigenvalue weighted by molar-refractivity contribution is 7.99. The van der Waals surface area contributed by atoms with Gasteiger partial charge < -0.3 is 10.1 Å². The number of carbonyl (C=O) groups is 1. The highest BCUT2D eigenvalue weighted by atomic mass is 35.5. The summed E-state index contributed by atoms with van der Waals surface area (Å²) < 4.78 is 5.07. The zero-order chi connectivity index (χ0) is 13.7. The van der Waals surface area contributed by atoms with Gasteiger partial charge in [0.2, 0.25) is 5.91 Å². The van der Waals surface area contributed by atoms with Crippen molar-refractivity contribution in [2.24, 2.45) is 0 Å². The van der Waals surface area contributed by atoms with Gasteiger partial charge in [-0.1, -0.05) is 23.4 Å². The lowest BCUT2D eigenvalue weighted by molar-refractivity contribution is -0.113. The molecule has 0 spiro atoms. The number of carbonyl (C=O) groups excluding carboxylic acids is 1. The number of aromatic amines is 1. The molecule has 2 N–H and O–H groups in total. The Morgan fingerprint density at radius 3 is 3.11 bits per heavy atom. The van der Waals surface area contributed by atoms with Gasteiger partial charge in [0, 0.05) is 6.07 Å². The summed E-state index contributed by atoms with van der Waals surface area (Å²) in [5, 5.41) is 10.1. The van der Waals surface area contributed by atoms with E-state index >= 15 is 0 Å². The van der Waals surface area contributed by atoms with Crippen LogP contribution in [0.2, 0.25) is 5.02 Å². The van der Waals surface area contributed by atoms with Crippen LogP contribution < -0.4 is 10.1 Å². The third-order valence-electron chi connectivity index (χ3n) is 2.18. The number of hydrogen-bond donors (Lipinski definition) is 2. The lowest BCUT2D eigenvalue weighted by Crippen LogP contribution is -2.14. The van der Waals surface area contributed by atoms with E-state index < -0.39 is 0 Å². The minimum absolute atomic E-state index is 0.184. The SMILES string of the molecule is COc1ccc(Cl)c(NC(=O)CSc2ncn[nH]2)c1. The van der Waals surface area contributed by atoms with Crippen molar-refractivity contribution >= 4 is 35.0 Å². The average molecular weight is 299 g/mol. The molecule has 0 aliphatic carbocycles. The van der Waals surface area contributed by atoms with Crippen LogP contribution in [0.3, 0.4) is 0 Å². The number of hydrogen-bond acceptors (Lipinski definition) is 5. The van der Waals surface area contributed by atoms with E-state index in [1.165, 1.54) is 18.1 Å². The molecular weight excluding hydrogens is 288 g/mol. The minimum Gasteiger partial charge on any atom is -0.497 e. The minimum atomic E-state index is -0.184. The molecule has 0 saturated carbocycles. The van der Waals surface area contributed by atoms with Gasteiger partial charge in [0.05, 0.1) is 23.6 Å². The van der Waals surface area contributed by atoms with Crippen molar-refractivity contribution in [2.75, 3.05) is 18.2 Å². The monoisotopic (exact) mass is 298 g/mol. The molecule has 1 aromatic heterocycles. The Hall–Kier alpha value is -1.73. The summed E-state index contributed by atoms with van der Waals surface area (Å²) in [6.07, 6.45) is 1.39. The van der Waals surface area contributed by atoms with Crippen molar-refractivity contribution in [3.8, 4) is 5.75 Å². The zero-order valence-corrected chi connectivity index (χ0v) is 11.6. The molecule has 0 atom stereocenters. The maximum Gasteiger partial charge on any atom is 0.234 e. The van der Waals surface area contributed by atoms with Gasteiger partial charge in [-0.3, -0.25) is 9.89 Å². The molecule has 6 nitrogen and oxygen atoms in total. The smallest absolute Gasteiger partial charge is 0.234 e. The fraction of sp³-hybridized carbons (Fsp3) is 0.182. The number of methoxy groups -OCH3 is 1. The number of rotatable bonds is 5. The number of nitrogens with one attached hydrogen (secondary N) is 2. The molecule has 2 rings (SSSR count). The van der Waals surface area contributed by atoms with Crippen LogP contribution in [0.5, 0.6) is 5.75 Å². The average Bonchev–Trinajstić information content (AvgIpc) is 2.92. The van der Waals surface area contributed by atoms with Crippen LogP contribution in [0, 0.1) is 0 Å². The summed E-state index contributed by atoms with van der Waals surface area (Å²) in [4.78, 5) is 15.7. The van der Waals surface area contributed by atoms with Gasteiger partial charge in [0.15, 0.2) is 5.16 Å². The van der Waals surface area contributed by atoms with E-state index in [0.717, 1.165) is 0 Å². The predicted molar refractivity (Wildman–Crippen MR) is 73.7 cm³/mol. The second kappa shape index (κ2) is 6.44. The van der Waals surface area contributed by atoms with Crippen molar-refractivity contribution in [2.45, 2.75) is 5.16 Å². The maximum atomic E-state index is 11.8. The second-order valence-electron chi connectivity index (χ2n) is 3.47. The number of amides is 1. The van der Waals surface area contributed by atoms with E-state index in [4.69, 9.17) is 16.3 Å². The summed E-state index contributed by atoms with van der Waals surface area (Å²) in [5.41, 5.74) is 0.518. The molecule has 0 unspecified atom stereocenters. The Morgan fingerprint density at radius 2 is 2.42 bits per heavy atom. The number of benzene rings is 1. The summed E-state index contributed by atoms with van der Waals surface area (Å²) >= 11 is 7.25. The van der Waals surface area contributed by atoms with Crippen molar-refractivity contribution in [3.63, 3.8) is 0 Å². The van der Waals surface area contributed by atoms with E-state index in [1.54, 1.807) is 25.3 Å². The molecule has 0 radical (unpaired) electrons. The Morgan fingerprint density at radius 1 is 1.58 bits per heavy atom. The Bertz CT molecular complexity index is 562. The molecule has 100 valence electrons. The van der Waals surface area contributed by atoms with Gasteiger partial charge in [-0.05, 0) is 12.1 Å². The van der Waals surface area contributed by atoms with Crippen molar-refractivity contribution in [1.82, 2.24) is 15.2 Å². The van der Waals surface area contributed by atoms with Gasteiger partial charge in [0.1, 0.15) is 12.1 Å². The second-order valence-corrected chi connectivity index (χ2v) is 4.84. The number of H-pyrrole nitrogens is 1. The van der Waals surface area contributed by atoms with E-state index in [9.17, 15) is 4.79 Å². The number of ether oxygens (including phenoxy) is 1. The van der Waals surface area contributed by atoms with E-state index in [1.807, 2.05) is 0 Å². The lowest BCUT2D eigenvalue weighted by Gasteiger charge is -2.08. The number of aromatic nitrogens is 3. The molecule has 2 aromatic rings. The largest absolute Gasteiger partial charge is 0.497 e. The first-order valence-corrected chi connectivity index (χ1v) is 6.67. The standard InChI is InChI=1S/C11H11ClN4O2S/c1-18-7-2-3-8(12)9(4-7)15-10(17)5-19-11-13-6-14-16-11/h2-4,6H,5H2,1H3,(H,15,17)(H,13,14,16). The zero-order valence-electron chi connectivity index (χ0n) is 10.0. The van der Waals surface area contributed by atoms with Crippen LogP contribution in [0.25, 0.3) is 0 Å². The normalized spacial score (nSPS) is 10.2. The number of nitrogens with zero attached hydrogens (tertiary/aromatic N) is 2. The summed E-state index contributed by atoms with van der Waals surface area (Å²) in [5.74, 6) is 0.655. The molecule has 19 heavy (non-hydrogen) atoms. The fourth-order valence-electron chi connectivity index (χ4n) is 1.31. The topological polar surface area (TPSA) is 79.9 Å². The number of halogens is 1. The van der Waals surface area contributed by atoms with E-state index in [-0.39, 0.29) is 11.7 Å². The maximum absolute atomic E-state index is 11.8. The van der Waals surface area contributed by atoms with Crippen LogP contribution in [0.1, 0.15) is 0 Å². The molecule has 0 fully saturated rings. The van der Waals surface area contributed by atoms with Gasteiger partial charge in [-0.2, -0.15) is 5.10 Å². The van der Waals surface area contributed by atoms with E-state index in [2.05, 4.69) is 20.5 Å². The van der Waals surface area contributed by atoms with Crippen LogP contribution in [0.4, 0.5) is 5.69 Å². The molecule has 1 heterocycles. The number of thioether (sulfide) groups is 1. The molecule has 1 amide bonds. The van der Waals surface area contributed by atoms with Crippen molar-refractivity contribution < 1.29 is 9.53 Å². The summed E-state index contributed by atoms with van der Waals surface area (Å²) in [6.45, 7) is 0. The summed E-state index contributed by atoms with van der Waals surface area (Å²) in [6, 6.07) is 5.06. The first-order valence-electron chi connectivity index (χ1n) is 5.30. The highest BCUT2D eigenvalue weighted by Crippen LogP contribution is 2.26. The molecule has 8 heteroatoms. The molecule has 0 aliphatic rings. The Labute approximate surface area is 118 Å². The molecule has 1 aromatic carbocycles. The van der Waals surface area contributed by atoms with Crippen LogP contribution >= 0.6 is 23.4 Å². The lowest BCUT2D eigenvalue weighted by atomic mass is 10.3. The van der Waals surface area contributed by atoms with Gasteiger partial charge in [0.25, 0.3) is 0 Å². The van der Waals surface area contributed by atoms with Crippen molar-refractivity contribution in [1.29, 1.82) is 0 Å². The van der Waals surface area contributed by atoms with Gasteiger partial charge in [-0.15, -0.1) is 0 Å². The van der Waals surface area contributed by atoms with Crippen LogP contribution in [-0.2, 0) is 4.79 Å². The predicted octanol–water partition coefficient (Wildman–Crippen LogP) is 2.20. The van der Waals surface area contributed by atoms with Crippen LogP contribution in [0.15, 0.2) is 29.7 Å². The third kappa shape index (κ3) is 3.87. The molecule has 0 saturated heterocycles. The fourth-order valence-corrected chi connectivity index (χ4v) is 2.05. The first-order chi connectivity index (χ1) is 9.19. The molecular formula is C11H11ClN4O2S. The molecule has 0 aliphatic heterocycles. The van der Waals surface area contributed by atoms with Gasteiger partial charge in [-0.25, -0.2) is 4.98 Å². The van der Waals surface area contributed by atoms with Crippen LogP contribution in [-0.4, -0.2) is 34.0 Å². The molecule has 0 bridgehead atoms. The highest BCUT2D eigenvalue weighted by Gasteiger charge is 2.08. The summed E-state index contributed by atoms with van der Waals surface area (Å²) in [7, 11) is 1.55. The van der Waals surface area contributed by atoms with Crippen molar-refractivity contribution in [3.05, 3.63) is 29.5 Å². The van der Waals surface area contributed by atoms with E-state index in [0.29, 0.717) is 21.6 Å². The Balaban J connectivity index is 1.94. The third-order valence-corrected chi connectivity index (χ3v) is 3.39.